The number of H-pyrrole nitrogens is 1. The van der Waals surface area contributed by atoms with Crippen LogP contribution in [0.15, 0.2) is 41.8 Å². The molecule has 1 aliphatic rings. The van der Waals surface area contributed by atoms with Crippen LogP contribution >= 0.6 is 11.8 Å². The number of carbonyl (C=O) groups is 1. The molecule has 0 bridgehead atoms. The van der Waals surface area contributed by atoms with Crippen molar-refractivity contribution in [1.82, 2.24) is 24.8 Å². The van der Waals surface area contributed by atoms with Crippen molar-refractivity contribution in [1.29, 1.82) is 0 Å². The van der Waals surface area contributed by atoms with E-state index in [1.165, 1.54) is 0 Å². The minimum Gasteiger partial charge on any atom is -0.496 e. The number of aromatic amines is 1. The number of benzene rings is 1. The lowest BCUT2D eigenvalue weighted by molar-refractivity contribution is 0.0950. The van der Waals surface area contributed by atoms with Crippen LogP contribution in [-0.4, -0.2) is 39.1 Å². The second-order valence-electron chi connectivity index (χ2n) is 6.47. The van der Waals surface area contributed by atoms with Crippen LogP contribution in [0.4, 0.5) is 0 Å². The van der Waals surface area contributed by atoms with Gasteiger partial charge in [0, 0.05) is 37.6 Å². The highest BCUT2D eigenvalue weighted by molar-refractivity contribution is 7.98. The summed E-state index contributed by atoms with van der Waals surface area (Å²) in [5.74, 6) is 2.24. The Labute approximate surface area is 161 Å². The number of ether oxygens (including phenoxy) is 1. The Morgan fingerprint density at radius 2 is 2.22 bits per heavy atom. The first-order valence-corrected chi connectivity index (χ1v) is 9.73. The molecule has 1 aromatic carbocycles. The monoisotopic (exact) mass is 383 g/mol. The molecule has 2 N–H and O–H groups in total. The number of aromatic nitrogens is 4. The minimum absolute atomic E-state index is 0.127. The van der Waals surface area contributed by atoms with E-state index in [9.17, 15) is 4.79 Å². The predicted molar refractivity (Wildman–Crippen MR) is 103 cm³/mol. The first-order chi connectivity index (χ1) is 13.2. The van der Waals surface area contributed by atoms with Gasteiger partial charge in [0.15, 0.2) is 5.16 Å². The van der Waals surface area contributed by atoms with Crippen LogP contribution in [0, 0.1) is 0 Å². The van der Waals surface area contributed by atoms with E-state index in [0.29, 0.717) is 24.4 Å². The van der Waals surface area contributed by atoms with E-state index in [-0.39, 0.29) is 11.8 Å². The average Bonchev–Trinajstić information content (AvgIpc) is 3.25. The van der Waals surface area contributed by atoms with E-state index in [4.69, 9.17) is 4.74 Å². The van der Waals surface area contributed by atoms with Gasteiger partial charge in [-0.3, -0.25) is 4.79 Å². The molecule has 3 aromatic rings. The fraction of sp³-hybridized carbons (Fsp3) is 0.316. The molecule has 1 amide bonds. The molecule has 0 aliphatic carbocycles. The molecule has 0 spiro atoms. The van der Waals surface area contributed by atoms with Gasteiger partial charge in [-0.2, -0.15) is 0 Å². The molecular weight excluding hydrogens is 362 g/mol. The molecule has 0 fully saturated rings. The van der Waals surface area contributed by atoms with Gasteiger partial charge in [0.1, 0.15) is 17.3 Å². The van der Waals surface area contributed by atoms with E-state index in [0.717, 1.165) is 28.0 Å². The van der Waals surface area contributed by atoms with Gasteiger partial charge in [-0.05, 0) is 18.1 Å². The lowest BCUT2D eigenvalue weighted by Crippen LogP contribution is -2.26. The third kappa shape index (κ3) is 3.57. The van der Waals surface area contributed by atoms with Crippen molar-refractivity contribution in [2.45, 2.75) is 23.2 Å². The summed E-state index contributed by atoms with van der Waals surface area (Å²) in [5, 5.41) is 3.91. The highest BCUT2D eigenvalue weighted by Gasteiger charge is 2.27. The normalized spacial score (nSPS) is 16.5. The summed E-state index contributed by atoms with van der Waals surface area (Å²) in [7, 11) is 3.63. The highest BCUT2D eigenvalue weighted by atomic mass is 32.2. The van der Waals surface area contributed by atoms with Gasteiger partial charge in [-0.1, -0.05) is 30.0 Å². The zero-order valence-electron chi connectivity index (χ0n) is 15.2. The average molecular weight is 383 g/mol. The molecule has 0 saturated carbocycles. The maximum atomic E-state index is 12.5. The second-order valence-corrected chi connectivity index (χ2v) is 7.42. The van der Waals surface area contributed by atoms with Crippen LogP contribution in [0.5, 0.6) is 5.75 Å². The summed E-state index contributed by atoms with van der Waals surface area (Å²) in [5.41, 5.74) is 2.45. The van der Waals surface area contributed by atoms with Crippen molar-refractivity contribution in [3.8, 4) is 5.75 Å². The number of rotatable bonds is 5. The van der Waals surface area contributed by atoms with Crippen LogP contribution in [0.2, 0.25) is 0 Å². The number of hydrogen-bond donors (Lipinski definition) is 2. The van der Waals surface area contributed by atoms with Gasteiger partial charge in [0.2, 0.25) is 0 Å². The number of carbonyl (C=O) groups excluding carboxylic acids is 1. The van der Waals surface area contributed by atoms with Crippen molar-refractivity contribution in [3.63, 3.8) is 0 Å². The lowest BCUT2D eigenvalue weighted by Gasteiger charge is -2.17. The van der Waals surface area contributed by atoms with Crippen molar-refractivity contribution in [2.24, 2.45) is 7.05 Å². The fourth-order valence-corrected chi connectivity index (χ4v) is 4.14. The third-order valence-corrected chi connectivity index (χ3v) is 5.77. The minimum atomic E-state index is -0.133. The molecule has 27 heavy (non-hydrogen) atoms. The highest BCUT2D eigenvalue weighted by Crippen LogP contribution is 2.31. The molecule has 0 saturated heterocycles. The van der Waals surface area contributed by atoms with Crippen molar-refractivity contribution in [2.75, 3.05) is 13.7 Å². The van der Waals surface area contributed by atoms with E-state index >= 15 is 0 Å². The summed E-state index contributed by atoms with van der Waals surface area (Å²) in [4.78, 5) is 24.7. The van der Waals surface area contributed by atoms with Crippen LogP contribution in [0.1, 0.15) is 33.5 Å². The summed E-state index contributed by atoms with van der Waals surface area (Å²) < 4.78 is 7.46. The van der Waals surface area contributed by atoms with E-state index in [2.05, 4.69) is 26.3 Å². The molecule has 7 nitrogen and oxygen atoms in total. The number of amides is 1. The lowest BCUT2D eigenvalue weighted by atomic mass is 9.93. The summed E-state index contributed by atoms with van der Waals surface area (Å²) in [6, 6.07) is 7.94. The molecule has 1 atom stereocenters. The maximum Gasteiger partial charge on any atom is 0.271 e. The van der Waals surface area contributed by atoms with Crippen LogP contribution in [-0.2, 0) is 19.2 Å². The fourth-order valence-electron chi connectivity index (χ4n) is 3.33. The number of aryl methyl sites for hydroxylation is 1. The number of hydrogen-bond acceptors (Lipinski definition) is 5. The summed E-state index contributed by atoms with van der Waals surface area (Å²) in [6.07, 6.45) is 4.38. The van der Waals surface area contributed by atoms with Crippen molar-refractivity contribution >= 4 is 17.7 Å². The smallest absolute Gasteiger partial charge is 0.271 e. The number of nitrogens with zero attached hydrogens (tertiary/aromatic N) is 3. The Bertz CT molecular complexity index is 965. The van der Waals surface area contributed by atoms with Crippen molar-refractivity contribution < 1.29 is 9.53 Å². The Balaban J connectivity index is 1.57. The van der Waals surface area contributed by atoms with Gasteiger partial charge in [-0.25, -0.2) is 9.97 Å². The molecule has 4 rings (SSSR count). The van der Waals surface area contributed by atoms with Gasteiger partial charge in [-0.15, -0.1) is 0 Å². The standard InChI is InChI=1S/C19H21N5O2S/c1-24-8-7-20-19(24)27-11-16-22-14-9-12(10-21-18(25)17(14)23-16)13-5-3-4-6-15(13)26-2/h3-8,12H,9-11H2,1-2H3,(H,21,25)(H,22,23)/t12-/m0/s1. The van der Waals surface area contributed by atoms with Gasteiger partial charge in [0.05, 0.1) is 12.9 Å². The molecule has 0 unspecified atom stereocenters. The quantitative estimate of drug-likeness (QED) is 0.662. The molecule has 0 radical (unpaired) electrons. The molecule has 2 aromatic heterocycles. The first kappa shape index (κ1) is 17.7. The summed E-state index contributed by atoms with van der Waals surface area (Å²) >= 11 is 1.59. The molecular formula is C19H21N5O2S. The summed E-state index contributed by atoms with van der Waals surface area (Å²) in [6.45, 7) is 0.556. The van der Waals surface area contributed by atoms with E-state index < -0.39 is 0 Å². The van der Waals surface area contributed by atoms with Crippen LogP contribution < -0.4 is 10.1 Å². The Hall–Kier alpha value is -2.74. The number of imidazole rings is 2. The molecule has 8 heteroatoms. The maximum absolute atomic E-state index is 12.5. The number of nitrogens with one attached hydrogen (secondary N) is 2. The molecule has 140 valence electrons. The van der Waals surface area contributed by atoms with E-state index in [1.54, 1.807) is 25.1 Å². The molecule has 3 heterocycles. The topological polar surface area (TPSA) is 84.8 Å². The zero-order chi connectivity index (χ0) is 18.8. The zero-order valence-corrected chi connectivity index (χ0v) is 16.0. The SMILES string of the molecule is COc1ccccc1[C@@H]1CNC(=O)c2nc(CSc3nccn3C)[nH]c2C1. The number of methoxy groups -OCH3 is 1. The number of para-hydroxylation sites is 1. The van der Waals surface area contributed by atoms with Crippen molar-refractivity contribution in [3.05, 3.63) is 59.4 Å². The van der Waals surface area contributed by atoms with Crippen LogP contribution in [0.3, 0.4) is 0 Å². The largest absolute Gasteiger partial charge is 0.496 e. The predicted octanol–water partition coefficient (Wildman–Crippen LogP) is 2.51. The Morgan fingerprint density at radius 3 is 3.00 bits per heavy atom. The molecule has 1 aliphatic heterocycles. The van der Waals surface area contributed by atoms with Gasteiger partial charge in [0.25, 0.3) is 5.91 Å². The second kappa shape index (κ2) is 7.48. The number of fused-ring (bicyclic) bond motifs is 1. The van der Waals surface area contributed by atoms with Crippen LogP contribution in [0.25, 0.3) is 0 Å². The van der Waals surface area contributed by atoms with Gasteiger partial charge < -0.3 is 19.6 Å². The Kier molecular flexibility index (Phi) is 4.89. The first-order valence-electron chi connectivity index (χ1n) is 8.74. The number of thioether (sulfide) groups is 1. The Morgan fingerprint density at radius 1 is 1.37 bits per heavy atom. The third-order valence-electron chi connectivity index (χ3n) is 4.70. The van der Waals surface area contributed by atoms with Gasteiger partial charge >= 0.3 is 0 Å². The van der Waals surface area contributed by atoms with E-state index in [1.807, 2.05) is 36.0 Å².